The molecule has 4 heterocycles. The van der Waals surface area contributed by atoms with Gasteiger partial charge in [-0.2, -0.15) is 0 Å². The van der Waals surface area contributed by atoms with Crippen molar-refractivity contribution in [1.29, 1.82) is 0 Å². The molecule has 6 rings (SSSR count). The number of amides is 3. The van der Waals surface area contributed by atoms with Crippen LogP contribution in [0.25, 0.3) is 6.08 Å². The monoisotopic (exact) mass is 403 g/mol. The number of carbonyl (C=O) groups is 3. The number of rotatable bonds is 2. The molecule has 0 bridgehead atoms. The van der Waals surface area contributed by atoms with Crippen LogP contribution in [0.15, 0.2) is 48.7 Å². The van der Waals surface area contributed by atoms with Crippen molar-refractivity contribution in [2.75, 3.05) is 11.7 Å². The van der Waals surface area contributed by atoms with Crippen molar-refractivity contribution in [2.45, 2.75) is 12.1 Å². The van der Waals surface area contributed by atoms with Crippen molar-refractivity contribution in [3.63, 3.8) is 0 Å². The summed E-state index contributed by atoms with van der Waals surface area (Å²) in [5.41, 5.74) is 7.99. The molecule has 2 saturated heterocycles. The highest BCUT2D eigenvalue weighted by atomic mass is 16.7. The summed E-state index contributed by atoms with van der Waals surface area (Å²) in [6.45, 7) is 0.0931. The summed E-state index contributed by atoms with van der Waals surface area (Å²) in [5.74, 6) is -1.90. The van der Waals surface area contributed by atoms with Crippen LogP contribution in [0.5, 0.6) is 11.5 Å². The van der Waals surface area contributed by atoms with Crippen LogP contribution < -0.4 is 20.1 Å². The third-order valence-electron chi connectivity index (χ3n) is 6.37. The Bertz CT molecular complexity index is 1160. The molecule has 0 saturated carbocycles. The van der Waals surface area contributed by atoms with E-state index in [4.69, 9.17) is 15.2 Å². The van der Waals surface area contributed by atoms with Crippen LogP contribution in [0.3, 0.4) is 0 Å². The molecule has 0 spiro atoms. The fraction of sp³-hybridized carbons (Fsp3) is 0.227. The van der Waals surface area contributed by atoms with E-state index in [1.165, 1.54) is 0 Å². The highest BCUT2D eigenvalue weighted by molar-refractivity contribution is 6.24. The number of nitrogens with two attached hydrogens (primary N) is 1. The third kappa shape index (κ3) is 2.07. The summed E-state index contributed by atoms with van der Waals surface area (Å²) < 4.78 is 10.7. The van der Waals surface area contributed by atoms with Gasteiger partial charge in [-0.15, -0.1) is 0 Å². The van der Waals surface area contributed by atoms with Gasteiger partial charge >= 0.3 is 0 Å². The van der Waals surface area contributed by atoms with E-state index >= 15 is 0 Å². The van der Waals surface area contributed by atoms with Crippen LogP contribution >= 0.6 is 0 Å². The van der Waals surface area contributed by atoms with Crippen LogP contribution in [0.4, 0.5) is 5.69 Å². The van der Waals surface area contributed by atoms with Gasteiger partial charge in [0.25, 0.3) is 0 Å². The predicted molar refractivity (Wildman–Crippen MR) is 105 cm³/mol. The maximum Gasteiger partial charge on any atom is 0.240 e. The van der Waals surface area contributed by atoms with Crippen molar-refractivity contribution in [3.05, 3.63) is 59.8 Å². The van der Waals surface area contributed by atoms with Gasteiger partial charge < -0.3 is 20.1 Å². The molecular weight excluding hydrogens is 386 g/mol. The van der Waals surface area contributed by atoms with Gasteiger partial charge in [0.2, 0.25) is 24.5 Å². The van der Waals surface area contributed by atoms with Crippen LogP contribution in [0.2, 0.25) is 0 Å². The lowest BCUT2D eigenvalue weighted by Crippen LogP contribution is -2.46. The van der Waals surface area contributed by atoms with Gasteiger partial charge in [0.1, 0.15) is 6.04 Å². The molecule has 4 aliphatic rings. The highest BCUT2D eigenvalue weighted by Crippen LogP contribution is 2.53. The number of benzene rings is 2. The Morgan fingerprint density at radius 3 is 2.60 bits per heavy atom. The Balaban J connectivity index is 1.47. The number of hydrogen-bond donors (Lipinski definition) is 1. The Morgan fingerprint density at radius 2 is 1.77 bits per heavy atom. The molecule has 2 aromatic rings. The van der Waals surface area contributed by atoms with Crippen LogP contribution in [0, 0.1) is 11.8 Å². The highest BCUT2D eigenvalue weighted by Gasteiger charge is 2.64. The smallest absolute Gasteiger partial charge is 0.240 e. The summed E-state index contributed by atoms with van der Waals surface area (Å²) in [7, 11) is 0. The molecule has 0 radical (unpaired) electrons. The number of nitrogens with zero attached hydrogens (tertiary/aromatic N) is 2. The number of ether oxygens (including phenoxy) is 2. The predicted octanol–water partition coefficient (Wildman–Crippen LogP) is 1.42. The second kappa shape index (κ2) is 5.85. The second-order valence-corrected chi connectivity index (χ2v) is 7.78. The maximum atomic E-state index is 13.6. The first kappa shape index (κ1) is 17.1. The van der Waals surface area contributed by atoms with Gasteiger partial charge in [0.15, 0.2) is 11.5 Å². The van der Waals surface area contributed by atoms with Crippen molar-refractivity contribution >= 4 is 29.5 Å². The summed E-state index contributed by atoms with van der Waals surface area (Å²) in [6.07, 6.45) is 3.65. The first-order valence-corrected chi connectivity index (χ1v) is 9.67. The number of carbonyl (C=O) groups excluding carboxylic acids is 3. The number of fused-ring (bicyclic) bond motifs is 6. The van der Waals surface area contributed by atoms with E-state index < -0.39 is 35.7 Å². The molecule has 0 aromatic heterocycles. The fourth-order valence-electron chi connectivity index (χ4n) is 5.16. The van der Waals surface area contributed by atoms with Gasteiger partial charge in [0.05, 0.1) is 23.6 Å². The minimum absolute atomic E-state index is 0.0931. The minimum atomic E-state index is -0.889. The van der Waals surface area contributed by atoms with E-state index in [9.17, 15) is 14.4 Å². The molecule has 2 N–H and O–H groups in total. The van der Waals surface area contributed by atoms with E-state index in [2.05, 4.69) is 0 Å². The van der Waals surface area contributed by atoms with Crippen LogP contribution in [-0.4, -0.2) is 35.5 Å². The number of hydrogen-bond acceptors (Lipinski definition) is 6. The molecule has 8 heteroatoms. The van der Waals surface area contributed by atoms with E-state index in [0.29, 0.717) is 17.2 Å². The summed E-state index contributed by atoms with van der Waals surface area (Å²) in [4.78, 5) is 42.3. The molecular formula is C22H17N3O5. The van der Waals surface area contributed by atoms with E-state index in [1.54, 1.807) is 29.3 Å². The molecule has 3 amide bonds. The first-order chi connectivity index (χ1) is 14.6. The van der Waals surface area contributed by atoms with Gasteiger partial charge in [-0.25, -0.2) is 4.90 Å². The molecule has 2 fully saturated rings. The van der Waals surface area contributed by atoms with Crippen molar-refractivity contribution in [2.24, 2.45) is 17.6 Å². The first-order valence-electron chi connectivity index (χ1n) is 9.67. The van der Waals surface area contributed by atoms with Crippen molar-refractivity contribution < 1.29 is 23.9 Å². The maximum absolute atomic E-state index is 13.6. The lowest BCUT2D eigenvalue weighted by molar-refractivity contribution is -0.129. The molecule has 0 unspecified atom stereocenters. The molecule has 0 aliphatic carbocycles. The lowest BCUT2D eigenvalue weighted by atomic mass is 9.84. The van der Waals surface area contributed by atoms with Gasteiger partial charge in [-0.05, 0) is 29.3 Å². The molecule has 4 aliphatic heterocycles. The van der Waals surface area contributed by atoms with Crippen LogP contribution in [0.1, 0.15) is 17.2 Å². The van der Waals surface area contributed by atoms with E-state index in [-0.39, 0.29) is 12.7 Å². The zero-order valence-electron chi connectivity index (χ0n) is 15.7. The molecule has 8 nitrogen and oxygen atoms in total. The van der Waals surface area contributed by atoms with Gasteiger partial charge in [-0.3, -0.25) is 14.4 Å². The average molecular weight is 403 g/mol. The van der Waals surface area contributed by atoms with Crippen molar-refractivity contribution in [1.82, 2.24) is 4.90 Å². The van der Waals surface area contributed by atoms with Gasteiger partial charge in [0, 0.05) is 12.3 Å². The van der Waals surface area contributed by atoms with Gasteiger partial charge in [-0.1, -0.05) is 24.3 Å². The minimum Gasteiger partial charge on any atom is -0.454 e. The summed E-state index contributed by atoms with van der Waals surface area (Å²) in [6, 6.07) is 11.3. The number of anilines is 1. The molecule has 150 valence electrons. The number of imide groups is 1. The zero-order valence-corrected chi connectivity index (χ0v) is 15.7. The Morgan fingerprint density at radius 1 is 1.00 bits per heavy atom. The molecule has 2 aromatic carbocycles. The quantitative estimate of drug-likeness (QED) is 0.761. The fourth-order valence-corrected chi connectivity index (χ4v) is 5.16. The normalized spacial score (nSPS) is 27.9. The zero-order chi connectivity index (χ0) is 20.6. The van der Waals surface area contributed by atoms with Crippen LogP contribution in [-0.2, 0) is 14.4 Å². The Kier molecular flexibility index (Phi) is 3.33. The Hall–Kier alpha value is -3.81. The van der Waals surface area contributed by atoms with Crippen molar-refractivity contribution in [3.8, 4) is 11.5 Å². The SMILES string of the molecule is NC(=O)[C@H]1[C@@H]2C(=O)N(c3ccc4c(c3)OCO4)C(=O)[C@@H]2[C@H]2c3ccccc3C=CN21. The van der Waals surface area contributed by atoms with E-state index in [1.807, 2.05) is 30.3 Å². The standard InChI is InChI=1S/C22H17N3O5/c23-20(26)19-17-16(18-13-4-2-1-3-11(13)7-8-24(18)19)21(27)25(22(17)28)12-5-6-14-15(9-12)30-10-29-14/h1-9,16-19H,10H2,(H2,23,26)/t16-,17+,18+,19+/m0/s1. The third-order valence-corrected chi connectivity index (χ3v) is 6.37. The summed E-state index contributed by atoms with van der Waals surface area (Å²) in [5, 5.41) is 0. The second-order valence-electron chi connectivity index (χ2n) is 7.78. The average Bonchev–Trinajstić information content (AvgIpc) is 3.41. The summed E-state index contributed by atoms with van der Waals surface area (Å²) >= 11 is 0. The molecule has 30 heavy (non-hydrogen) atoms. The largest absolute Gasteiger partial charge is 0.454 e. The lowest BCUT2D eigenvalue weighted by Gasteiger charge is -2.34. The topological polar surface area (TPSA) is 102 Å². The Labute approximate surface area is 171 Å². The van der Waals surface area contributed by atoms with E-state index in [0.717, 1.165) is 16.0 Å². The molecule has 4 atom stereocenters. The number of primary amides is 1.